The van der Waals surface area contributed by atoms with Crippen molar-refractivity contribution in [2.75, 3.05) is 0 Å². The third kappa shape index (κ3) is 5.28. The molecule has 4 heteroatoms. The number of hydrogen-bond donors (Lipinski definition) is 1. The zero-order valence-corrected chi connectivity index (χ0v) is 19.6. The SMILES string of the molecule is CC[C@H](C)NC(=O)C[C@H](c1cccc(Oc2ccccc2)c1)c1cn(CC)c2ccccc12. The molecule has 0 saturated carbocycles. The number of carbonyl (C=O) groups is 1. The molecule has 4 aromatic rings. The Morgan fingerprint density at radius 3 is 2.42 bits per heavy atom. The highest BCUT2D eigenvalue weighted by Crippen LogP contribution is 2.36. The maximum Gasteiger partial charge on any atom is 0.221 e. The number of fused-ring (bicyclic) bond motifs is 1. The van der Waals surface area contributed by atoms with Crippen molar-refractivity contribution in [2.45, 2.75) is 52.1 Å². The second kappa shape index (κ2) is 10.4. The zero-order valence-electron chi connectivity index (χ0n) is 19.6. The fraction of sp³-hybridized carbons (Fsp3) is 0.276. The predicted molar refractivity (Wildman–Crippen MR) is 135 cm³/mol. The Balaban J connectivity index is 1.74. The largest absolute Gasteiger partial charge is 0.457 e. The third-order valence-corrected chi connectivity index (χ3v) is 6.18. The van der Waals surface area contributed by atoms with Gasteiger partial charge in [0.2, 0.25) is 5.91 Å². The van der Waals surface area contributed by atoms with Crippen molar-refractivity contribution in [2.24, 2.45) is 0 Å². The van der Waals surface area contributed by atoms with Crippen molar-refractivity contribution in [1.82, 2.24) is 9.88 Å². The summed E-state index contributed by atoms with van der Waals surface area (Å²) in [6, 6.07) is 26.5. The topological polar surface area (TPSA) is 43.3 Å². The number of benzene rings is 3. The molecule has 0 bridgehead atoms. The normalized spacial score (nSPS) is 12.9. The average molecular weight is 441 g/mol. The fourth-order valence-corrected chi connectivity index (χ4v) is 4.26. The average Bonchev–Trinajstić information content (AvgIpc) is 3.22. The lowest BCUT2D eigenvalue weighted by molar-refractivity contribution is -0.121. The summed E-state index contributed by atoms with van der Waals surface area (Å²) in [5.41, 5.74) is 3.43. The van der Waals surface area contributed by atoms with Gasteiger partial charge >= 0.3 is 0 Å². The number of rotatable bonds is 9. The van der Waals surface area contributed by atoms with E-state index in [4.69, 9.17) is 4.74 Å². The Kier molecular flexibility index (Phi) is 7.13. The summed E-state index contributed by atoms with van der Waals surface area (Å²) in [6.07, 6.45) is 3.50. The highest BCUT2D eigenvalue weighted by Gasteiger charge is 2.23. The van der Waals surface area contributed by atoms with Gasteiger partial charge in [-0.05, 0) is 61.7 Å². The first kappa shape index (κ1) is 22.7. The molecule has 0 saturated heterocycles. The van der Waals surface area contributed by atoms with Crippen molar-refractivity contribution in [3.63, 3.8) is 0 Å². The molecular weight excluding hydrogens is 408 g/mol. The molecule has 1 aromatic heterocycles. The van der Waals surface area contributed by atoms with E-state index in [-0.39, 0.29) is 17.9 Å². The number of ether oxygens (including phenoxy) is 1. The standard InChI is InChI=1S/C29H32N2O2/c1-4-21(3)30-29(32)19-26(27-20-31(5-2)28-17-10-9-16-25(27)28)22-12-11-15-24(18-22)33-23-13-7-6-8-14-23/h6-18,20-21,26H,4-5,19H2,1-3H3,(H,30,32)/t21-,26+/m0/s1. The van der Waals surface area contributed by atoms with Gasteiger partial charge in [-0.25, -0.2) is 0 Å². The van der Waals surface area contributed by atoms with E-state index in [0.29, 0.717) is 6.42 Å². The Bertz CT molecular complexity index is 1210. The summed E-state index contributed by atoms with van der Waals surface area (Å²) in [4.78, 5) is 13.0. The zero-order chi connectivity index (χ0) is 23.2. The van der Waals surface area contributed by atoms with Gasteiger partial charge < -0.3 is 14.6 Å². The maximum absolute atomic E-state index is 13.0. The first-order valence-electron chi connectivity index (χ1n) is 11.8. The van der Waals surface area contributed by atoms with Crippen molar-refractivity contribution in [3.8, 4) is 11.5 Å². The number of para-hydroxylation sites is 2. The Labute approximate surface area is 196 Å². The Hall–Kier alpha value is -3.53. The van der Waals surface area contributed by atoms with E-state index >= 15 is 0 Å². The van der Waals surface area contributed by atoms with Gasteiger partial charge in [0.05, 0.1) is 0 Å². The summed E-state index contributed by atoms with van der Waals surface area (Å²) in [6.45, 7) is 7.16. The van der Waals surface area contributed by atoms with Gasteiger partial charge in [0.15, 0.2) is 0 Å². The van der Waals surface area contributed by atoms with Crippen molar-refractivity contribution in [1.29, 1.82) is 0 Å². The molecule has 33 heavy (non-hydrogen) atoms. The van der Waals surface area contributed by atoms with Gasteiger partial charge in [-0.15, -0.1) is 0 Å². The summed E-state index contributed by atoms with van der Waals surface area (Å²) in [5, 5.41) is 4.34. The molecule has 0 aliphatic rings. The first-order valence-corrected chi connectivity index (χ1v) is 11.8. The predicted octanol–water partition coefficient (Wildman–Crippen LogP) is 6.89. The minimum Gasteiger partial charge on any atom is -0.457 e. The molecular formula is C29H32N2O2. The molecule has 1 N–H and O–H groups in total. The van der Waals surface area contributed by atoms with Crippen LogP contribution in [0.4, 0.5) is 0 Å². The number of nitrogens with one attached hydrogen (secondary N) is 1. The summed E-state index contributed by atoms with van der Waals surface area (Å²) < 4.78 is 8.36. The number of hydrogen-bond acceptors (Lipinski definition) is 2. The van der Waals surface area contributed by atoms with Crippen LogP contribution in [0.5, 0.6) is 11.5 Å². The molecule has 1 amide bonds. The number of aryl methyl sites for hydroxylation is 1. The highest BCUT2D eigenvalue weighted by molar-refractivity contribution is 5.86. The van der Waals surface area contributed by atoms with Crippen molar-refractivity contribution >= 4 is 16.8 Å². The first-order chi connectivity index (χ1) is 16.1. The smallest absolute Gasteiger partial charge is 0.221 e. The fourth-order valence-electron chi connectivity index (χ4n) is 4.26. The molecule has 4 nitrogen and oxygen atoms in total. The molecule has 170 valence electrons. The van der Waals surface area contributed by atoms with Gasteiger partial charge in [0.1, 0.15) is 11.5 Å². The molecule has 0 spiro atoms. The van der Waals surface area contributed by atoms with E-state index in [1.165, 1.54) is 16.5 Å². The number of nitrogens with zero attached hydrogens (tertiary/aromatic N) is 1. The Morgan fingerprint density at radius 2 is 1.67 bits per heavy atom. The lowest BCUT2D eigenvalue weighted by Crippen LogP contribution is -2.33. The van der Waals surface area contributed by atoms with Crippen LogP contribution < -0.4 is 10.1 Å². The maximum atomic E-state index is 13.0. The quantitative estimate of drug-likeness (QED) is 0.308. The van der Waals surface area contributed by atoms with Crippen LogP contribution >= 0.6 is 0 Å². The van der Waals surface area contributed by atoms with Gasteiger partial charge in [0, 0.05) is 42.0 Å². The van der Waals surface area contributed by atoms with Crippen molar-refractivity contribution in [3.05, 3.63) is 96.2 Å². The summed E-state index contributed by atoms with van der Waals surface area (Å²) in [5.74, 6) is 1.55. The van der Waals surface area contributed by atoms with E-state index in [9.17, 15) is 4.79 Å². The van der Waals surface area contributed by atoms with Crippen LogP contribution in [0, 0.1) is 0 Å². The molecule has 3 aromatic carbocycles. The van der Waals surface area contributed by atoms with E-state index in [1.807, 2.05) is 49.4 Å². The molecule has 0 radical (unpaired) electrons. The second-order valence-electron chi connectivity index (χ2n) is 8.51. The van der Waals surface area contributed by atoms with Crippen LogP contribution in [0.3, 0.4) is 0 Å². The van der Waals surface area contributed by atoms with Gasteiger partial charge in [-0.1, -0.05) is 55.5 Å². The second-order valence-corrected chi connectivity index (χ2v) is 8.51. The van der Waals surface area contributed by atoms with E-state index in [0.717, 1.165) is 30.0 Å². The van der Waals surface area contributed by atoms with Crippen LogP contribution in [0.15, 0.2) is 85.1 Å². The minimum atomic E-state index is -0.0777. The molecule has 0 aliphatic heterocycles. The lowest BCUT2D eigenvalue weighted by atomic mass is 9.87. The summed E-state index contributed by atoms with van der Waals surface area (Å²) in [7, 11) is 0. The van der Waals surface area contributed by atoms with Crippen LogP contribution in [-0.4, -0.2) is 16.5 Å². The van der Waals surface area contributed by atoms with Gasteiger partial charge in [0.25, 0.3) is 0 Å². The number of carbonyl (C=O) groups excluding carboxylic acids is 1. The molecule has 0 aliphatic carbocycles. The van der Waals surface area contributed by atoms with E-state index < -0.39 is 0 Å². The van der Waals surface area contributed by atoms with Crippen molar-refractivity contribution < 1.29 is 9.53 Å². The van der Waals surface area contributed by atoms with E-state index in [2.05, 4.69) is 66.3 Å². The van der Waals surface area contributed by atoms with Gasteiger partial charge in [-0.3, -0.25) is 4.79 Å². The van der Waals surface area contributed by atoms with Gasteiger partial charge in [-0.2, -0.15) is 0 Å². The third-order valence-electron chi connectivity index (χ3n) is 6.18. The monoisotopic (exact) mass is 440 g/mol. The lowest BCUT2D eigenvalue weighted by Gasteiger charge is -2.20. The van der Waals surface area contributed by atoms with E-state index in [1.54, 1.807) is 0 Å². The summed E-state index contributed by atoms with van der Waals surface area (Å²) >= 11 is 0. The number of amides is 1. The van der Waals surface area contributed by atoms with Crippen LogP contribution in [0.25, 0.3) is 10.9 Å². The van der Waals surface area contributed by atoms with Crippen LogP contribution in [0.2, 0.25) is 0 Å². The highest BCUT2D eigenvalue weighted by atomic mass is 16.5. The molecule has 0 fully saturated rings. The molecule has 1 heterocycles. The molecule has 2 atom stereocenters. The van der Waals surface area contributed by atoms with Crippen LogP contribution in [0.1, 0.15) is 50.7 Å². The van der Waals surface area contributed by atoms with Crippen LogP contribution in [-0.2, 0) is 11.3 Å². The molecule has 0 unspecified atom stereocenters. The minimum absolute atomic E-state index is 0.0667. The number of aromatic nitrogens is 1. The Morgan fingerprint density at radius 1 is 0.939 bits per heavy atom. The molecule has 4 rings (SSSR count).